The standard InChI is InChI=1S/C39H31N5/c1-5-15-32(16-6-1)39(33-17-7-2-8-18-33,34-19-9-3-10-20-34)44-42-38(41-43-44)37-24-14-13-23-36(37)31-27-25-30(26-28-31)29-40-35-21-11-4-12-22-35/h1-28,40H,29H2. The van der Waals surface area contributed by atoms with Crippen molar-refractivity contribution in [2.45, 2.75) is 12.1 Å². The molecule has 212 valence electrons. The van der Waals surface area contributed by atoms with Crippen molar-refractivity contribution < 1.29 is 0 Å². The fourth-order valence-corrected chi connectivity index (χ4v) is 5.84. The molecule has 1 aromatic heterocycles. The van der Waals surface area contributed by atoms with Crippen molar-refractivity contribution >= 4 is 5.69 Å². The van der Waals surface area contributed by atoms with E-state index in [2.05, 4.69) is 138 Å². The number of aromatic nitrogens is 4. The number of benzene rings is 6. The van der Waals surface area contributed by atoms with E-state index in [4.69, 9.17) is 10.3 Å². The van der Waals surface area contributed by atoms with Gasteiger partial charge in [0.05, 0.1) is 0 Å². The van der Waals surface area contributed by atoms with Crippen molar-refractivity contribution in [2.75, 3.05) is 5.32 Å². The molecule has 6 aromatic carbocycles. The Morgan fingerprint density at radius 3 is 1.52 bits per heavy atom. The van der Waals surface area contributed by atoms with Crippen molar-refractivity contribution in [3.63, 3.8) is 0 Å². The van der Waals surface area contributed by atoms with Gasteiger partial charge >= 0.3 is 0 Å². The first-order valence-corrected chi connectivity index (χ1v) is 14.8. The van der Waals surface area contributed by atoms with Gasteiger partial charge in [-0.25, -0.2) is 0 Å². The van der Waals surface area contributed by atoms with Crippen molar-refractivity contribution in [1.29, 1.82) is 0 Å². The first-order chi connectivity index (χ1) is 21.8. The topological polar surface area (TPSA) is 55.6 Å². The first-order valence-electron chi connectivity index (χ1n) is 14.8. The summed E-state index contributed by atoms with van der Waals surface area (Å²) in [5.74, 6) is 0.572. The molecule has 1 heterocycles. The van der Waals surface area contributed by atoms with E-state index in [0.717, 1.165) is 45.6 Å². The Kier molecular flexibility index (Phi) is 7.50. The fourth-order valence-electron chi connectivity index (χ4n) is 5.84. The third-order valence-corrected chi connectivity index (χ3v) is 7.99. The molecule has 7 rings (SSSR count). The molecule has 0 aliphatic heterocycles. The van der Waals surface area contributed by atoms with Crippen molar-refractivity contribution in [1.82, 2.24) is 20.2 Å². The molecule has 0 saturated heterocycles. The summed E-state index contributed by atoms with van der Waals surface area (Å²) in [6.07, 6.45) is 0. The van der Waals surface area contributed by atoms with Gasteiger partial charge in [0.15, 0.2) is 5.54 Å². The lowest BCUT2D eigenvalue weighted by Crippen LogP contribution is -2.39. The second-order valence-corrected chi connectivity index (χ2v) is 10.7. The molecule has 0 aliphatic rings. The van der Waals surface area contributed by atoms with Gasteiger partial charge in [0.2, 0.25) is 5.82 Å². The highest BCUT2D eigenvalue weighted by atomic mass is 15.6. The van der Waals surface area contributed by atoms with Gasteiger partial charge in [-0.05, 0) is 50.7 Å². The van der Waals surface area contributed by atoms with Gasteiger partial charge < -0.3 is 5.32 Å². The van der Waals surface area contributed by atoms with E-state index >= 15 is 0 Å². The minimum absolute atomic E-state index is 0.572. The number of rotatable bonds is 9. The van der Waals surface area contributed by atoms with Crippen molar-refractivity contribution in [3.05, 3.63) is 192 Å². The molecule has 5 nitrogen and oxygen atoms in total. The third-order valence-electron chi connectivity index (χ3n) is 7.99. The summed E-state index contributed by atoms with van der Waals surface area (Å²) in [6.45, 7) is 0.752. The maximum Gasteiger partial charge on any atom is 0.205 e. The Morgan fingerprint density at radius 1 is 0.500 bits per heavy atom. The average molecular weight is 570 g/mol. The second-order valence-electron chi connectivity index (χ2n) is 10.7. The van der Waals surface area contributed by atoms with Crippen LogP contribution in [-0.2, 0) is 12.1 Å². The largest absolute Gasteiger partial charge is 0.381 e. The van der Waals surface area contributed by atoms with Gasteiger partial charge in [-0.1, -0.05) is 158 Å². The molecular formula is C39H31N5. The van der Waals surface area contributed by atoms with E-state index in [-0.39, 0.29) is 0 Å². The lowest BCUT2D eigenvalue weighted by atomic mass is 9.77. The molecule has 0 atom stereocenters. The van der Waals surface area contributed by atoms with Gasteiger partial charge in [-0.15, -0.1) is 15.0 Å². The lowest BCUT2D eigenvalue weighted by Gasteiger charge is -2.34. The molecule has 0 saturated carbocycles. The molecule has 0 fully saturated rings. The third kappa shape index (κ3) is 5.16. The fraction of sp³-hybridized carbons (Fsp3) is 0.0513. The van der Waals surface area contributed by atoms with Crippen LogP contribution in [-0.4, -0.2) is 20.2 Å². The van der Waals surface area contributed by atoms with E-state index in [1.807, 2.05) is 42.5 Å². The number of nitrogens with zero attached hydrogens (tertiary/aromatic N) is 4. The van der Waals surface area contributed by atoms with Crippen LogP contribution in [0.4, 0.5) is 5.69 Å². The van der Waals surface area contributed by atoms with Gasteiger partial charge in [0, 0.05) is 17.8 Å². The van der Waals surface area contributed by atoms with Crippen molar-refractivity contribution in [2.24, 2.45) is 0 Å². The predicted octanol–water partition coefficient (Wildman–Crippen LogP) is 8.46. The van der Waals surface area contributed by atoms with Gasteiger partial charge in [0.25, 0.3) is 0 Å². The molecule has 0 unspecified atom stereocenters. The molecular weight excluding hydrogens is 538 g/mol. The average Bonchev–Trinajstić information content (AvgIpc) is 3.60. The van der Waals surface area contributed by atoms with E-state index < -0.39 is 5.54 Å². The van der Waals surface area contributed by atoms with Crippen LogP contribution in [0.3, 0.4) is 0 Å². The Balaban J connectivity index is 1.29. The van der Waals surface area contributed by atoms with Gasteiger partial charge in [0.1, 0.15) is 0 Å². The monoisotopic (exact) mass is 569 g/mol. The summed E-state index contributed by atoms with van der Waals surface area (Å²) in [5, 5.41) is 18.0. The maximum absolute atomic E-state index is 5.13. The number of hydrogen-bond acceptors (Lipinski definition) is 4. The molecule has 0 spiro atoms. The Labute approximate surface area is 257 Å². The van der Waals surface area contributed by atoms with Crippen LogP contribution < -0.4 is 5.32 Å². The predicted molar refractivity (Wildman–Crippen MR) is 177 cm³/mol. The van der Waals surface area contributed by atoms with E-state index in [1.165, 1.54) is 5.56 Å². The minimum atomic E-state index is -0.822. The van der Waals surface area contributed by atoms with Gasteiger partial charge in [-0.2, -0.15) is 0 Å². The van der Waals surface area contributed by atoms with E-state index in [1.54, 1.807) is 4.80 Å². The van der Waals surface area contributed by atoms with E-state index in [0.29, 0.717) is 5.82 Å². The van der Waals surface area contributed by atoms with Crippen molar-refractivity contribution in [3.8, 4) is 22.5 Å². The van der Waals surface area contributed by atoms with Crippen LogP contribution in [0.15, 0.2) is 170 Å². The molecule has 0 radical (unpaired) electrons. The number of nitrogens with one attached hydrogen (secondary N) is 1. The smallest absolute Gasteiger partial charge is 0.205 e. The Bertz CT molecular complexity index is 1840. The van der Waals surface area contributed by atoms with Crippen LogP contribution >= 0.6 is 0 Å². The van der Waals surface area contributed by atoms with Crippen LogP contribution in [0, 0.1) is 0 Å². The molecule has 7 aromatic rings. The quantitative estimate of drug-likeness (QED) is 0.177. The second kappa shape index (κ2) is 12.2. The minimum Gasteiger partial charge on any atom is -0.381 e. The van der Waals surface area contributed by atoms with Crippen LogP contribution in [0.25, 0.3) is 22.5 Å². The number of hydrogen-bond donors (Lipinski definition) is 1. The molecule has 1 N–H and O–H groups in total. The highest BCUT2D eigenvalue weighted by Gasteiger charge is 2.41. The van der Waals surface area contributed by atoms with Crippen LogP contribution in [0.5, 0.6) is 0 Å². The number of tetrazole rings is 1. The lowest BCUT2D eigenvalue weighted by molar-refractivity contribution is 0.396. The summed E-state index contributed by atoms with van der Waals surface area (Å²) in [4.78, 5) is 1.78. The summed E-state index contributed by atoms with van der Waals surface area (Å²) in [6, 6.07) is 58.4. The summed E-state index contributed by atoms with van der Waals surface area (Å²) in [5.41, 5.74) is 7.72. The zero-order valence-corrected chi connectivity index (χ0v) is 24.2. The number of anilines is 1. The highest BCUT2D eigenvalue weighted by molar-refractivity contribution is 5.80. The highest BCUT2D eigenvalue weighted by Crippen LogP contribution is 2.40. The molecule has 0 bridgehead atoms. The Hall–Kier alpha value is -5.81. The summed E-state index contributed by atoms with van der Waals surface area (Å²) >= 11 is 0. The maximum atomic E-state index is 5.13. The Morgan fingerprint density at radius 2 is 0.977 bits per heavy atom. The van der Waals surface area contributed by atoms with Crippen LogP contribution in [0.2, 0.25) is 0 Å². The molecule has 44 heavy (non-hydrogen) atoms. The first kappa shape index (κ1) is 27.0. The zero-order valence-electron chi connectivity index (χ0n) is 24.2. The molecule has 0 aliphatic carbocycles. The summed E-state index contributed by atoms with van der Waals surface area (Å²) < 4.78 is 0. The van der Waals surface area contributed by atoms with E-state index in [9.17, 15) is 0 Å². The zero-order chi connectivity index (χ0) is 29.6. The molecule has 5 heteroatoms. The SMILES string of the molecule is c1ccc(NCc2ccc(-c3ccccc3-c3nnn(C(c4ccccc4)(c4ccccc4)c4ccccc4)n3)cc2)cc1. The molecule has 0 amide bonds. The van der Waals surface area contributed by atoms with Crippen LogP contribution in [0.1, 0.15) is 22.3 Å². The summed E-state index contributed by atoms with van der Waals surface area (Å²) in [7, 11) is 0. The van der Waals surface area contributed by atoms with Gasteiger partial charge in [-0.3, -0.25) is 0 Å². The number of para-hydroxylation sites is 1. The normalized spacial score (nSPS) is 11.3.